The highest BCUT2D eigenvalue weighted by atomic mass is 35.5. The van der Waals surface area contributed by atoms with Gasteiger partial charge in [0.1, 0.15) is 0 Å². The molecule has 102 valence electrons. The first kappa shape index (κ1) is 13.9. The molecular formula is C14H18ClN3O. The number of nitrogens with one attached hydrogen (secondary N) is 2. The Balaban J connectivity index is 2.31. The molecule has 2 N–H and O–H groups in total. The van der Waals surface area contributed by atoms with Crippen molar-refractivity contribution >= 4 is 28.5 Å². The molecule has 1 aromatic heterocycles. The van der Waals surface area contributed by atoms with Gasteiger partial charge < -0.3 is 10.3 Å². The van der Waals surface area contributed by atoms with Gasteiger partial charge in [0.25, 0.3) is 0 Å². The Labute approximate surface area is 117 Å². The lowest BCUT2D eigenvalue weighted by molar-refractivity contribution is -0.128. The molecule has 1 amide bonds. The van der Waals surface area contributed by atoms with Crippen LogP contribution >= 0.6 is 11.6 Å². The van der Waals surface area contributed by atoms with Gasteiger partial charge >= 0.3 is 0 Å². The zero-order chi connectivity index (χ0) is 14.2. The second-order valence-corrected chi connectivity index (χ2v) is 6.12. The van der Waals surface area contributed by atoms with Crippen LogP contribution in [0.5, 0.6) is 0 Å². The van der Waals surface area contributed by atoms with Gasteiger partial charge in [0.15, 0.2) is 0 Å². The van der Waals surface area contributed by atoms with Crippen LogP contribution in [0.2, 0.25) is 5.02 Å². The van der Waals surface area contributed by atoms with Crippen LogP contribution in [0.15, 0.2) is 12.4 Å². The summed E-state index contributed by atoms with van der Waals surface area (Å²) in [4.78, 5) is 19.3. The fourth-order valence-electron chi connectivity index (χ4n) is 1.89. The number of carbonyl (C=O) groups is 1. The average molecular weight is 280 g/mol. The van der Waals surface area contributed by atoms with E-state index in [0.29, 0.717) is 11.6 Å². The highest BCUT2D eigenvalue weighted by molar-refractivity contribution is 6.32. The maximum Gasteiger partial charge on any atom is 0.225 e. The number of aromatic nitrogens is 2. The summed E-state index contributed by atoms with van der Waals surface area (Å²) >= 11 is 6.26. The first-order chi connectivity index (χ1) is 8.80. The van der Waals surface area contributed by atoms with Gasteiger partial charge in [-0.1, -0.05) is 32.4 Å². The topological polar surface area (TPSA) is 57.8 Å². The minimum Gasteiger partial charge on any atom is -0.351 e. The molecule has 0 aliphatic heterocycles. The van der Waals surface area contributed by atoms with Crippen LogP contribution in [0, 0.1) is 12.3 Å². The normalized spacial score (nSPS) is 11.8. The molecule has 0 atom stereocenters. The number of aryl methyl sites for hydroxylation is 1. The summed E-state index contributed by atoms with van der Waals surface area (Å²) in [5, 5.41) is 3.55. The van der Waals surface area contributed by atoms with E-state index in [4.69, 9.17) is 11.6 Å². The number of benzene rings is 1. The third-order valence-electron chi connectivity index (χ3n) is 3.05. The largest absolute Gasteiger partial charge is 0.351 e. The van der Waals surface area contributed by atoms with E-state index in [-0.39, 0.29) is 5.91 Å². The number of nitrogens with zero attached hydrogens (tertiary/aromatic N) is 1. The lowest BCUT2D eigenvalue weighted by atomic mass is 9.95. The van der Waals surface area contributed by atoms with E-state index in [9.17, 15) is 4.79 Å². The molecule has 19 heavy (non-hydrogen) atoms. The summed E-state index contributed by atoms with van der Waals surface area (Å²) in [6.07, 6.45) is 1.64. The summed E-state index contributed by atoms with van der Waals surface area (Å²) in [6, 6.07) is 1.88. The SMILES string of the molecule is Cc1cc(Cl)c(CNC(=O)C(C)(C)C)c2[nH]cnc12. The summed E-state index contributed by atoms with van der Waals surface area (Å²) in [5.41, 5.74) is 3.26. The van der Waals surface area contributed by atoms with Gasteiger partial charge in [-0.3, -0.25) is 4.79 Å². The summed E-state index contributed by atoms with van der Waals surface area (Å²) in [7, 11) is 0. The number of carbonyl (C=O) groups excluding carboxylic acids is 1. The number of hydrogen-bond acceptors (Lipinski definition) is 2. The molecule has 0 saturated carbocycles. The van der Waals surface area contributed by atoms with Gasteiger partial charge in [-0.25, -0.2) is 4.98 Å². The molecule has 0 spiro atoms. The Morgan fingerprint density at radius 1 is 1.47 bits per heavy atom. The Hall–Kier alpha value is -1.55. The van der Waals surface area contributed by atoms with Crippen molar-refractivity contribution in [3.63, 3.8) is 0 Å². The number of aromatic amines is 1. The van der Waals surface area contributed by atoms with Crippen molar-refractivity contribution < 1.29 is 4.79 Å². The van der Waals surface area contributed by atoms with E-state index in [1.807, 2.05) is 33.8 Å². The second-order valence-electron chi connectivity index (χ2n) is 5.71. The number of hydrogen-bond donors (Lipinski definition) is 2. The average Bonchev–Trinajstić information content (AvgIpc) is 2.76. The van der Waals surface area contributed by atoms with Crippen molar-refractivity contribution in [2.75, 3.05) is 0 Å². The van der Waals surface area contributed by atoms with Gasteiger partial charge in [-0.2, -0.15) is 0 Å². The maximum atomic E-state index is 11.9. The first-order valence-electron chi connectivity index (χ1n) is 6.20. The van der Waals surface area contributed by atoms with Gasteiger partial charge in [-0.15, -0.1) is 0 Å². The van der Waals surface area contributed by atoms with Gasteiger partial charge in [0.05, 0.1) is 17.4 Å². The summed E-state index contributed by atoms with van der Waals surface area (Å²) < 4.78 is 0. The van der Waals surface area contributed by atoms with Crippen LogP contribution in [0.3, 0.4) is 0 Å². The van der Waals surface area contributed by atoms with Crippen molar-refractivity contribution in [2.45, 2.75) is 34.2 Å². The van der Waals surface area contributed by atoms with Gasteiger partial charge in [-0.05, 0) is 18.6 Å². The minimum absolute atomic E-state index is 0.00296. The van der Waals surface area contributed by atoms with Crippen molar-refractivity contribution in [1.82, 2.24) is 15.3 Å². The lowest BCUT2D eigenvalue weighted by Crippen LogP contribution is -2.34. The molecule has 0 unspecified atom stereocenters. The first-order valence-corrected chi connectivity index (χ1v) is 6.58. The van der Waals surface area contributed by atoms with E-state index in [1.54, 1.807) is 6.33 Å². The minimum atomic E-state index is -0.412. The Bertz CT molecular complexity index is 625. The molecule has 1 aromatic carbocycles. The quantitative estimate of drug-likeness (QED) is 0.887. The molecule has 1 heterocycles. The molecule has 0 fully saturated rings. The van der Waals surface area contributed by atoms with E-state index in [1.165, 1.54) is 0 Å². The zero-order valence-electron chi connectivity index (χ0n) is 11.6. The maximum absolute atomic E-state index is 11.9. The number of imidazole rings is 1. The van der Waals surface area contributed by atoms with Crippen LogP contribution in [0.1, 0.15) is 31.9 Å². The van der Waals surface area contributed by atoms with Gasteiger partial charge in [0.2, 0.25) is 5.91 Å². The fourth-order valence-corrected chi connectivity index (χ4v) is 2.22. The number of halogens is 1. The van der Waals surface area contributed by atoms with Crippen LogP contribution in [0.25, 0.3) is 11.0 Å². The number of rotatable bonds is 2. The van der Waals surface area contributed by atoms with E-state index < -0.39 is 5.41 Å². The molecule has 4 nitrogen and oxygen atoms in total. The highest BCUT2D eigenvalue weighted by Gasteiger charge is 2.21. The van der Waals surface area contributed by atoms with E-state index >= 15 is 0 Å². The highest BCUT2D eigenvalue weighted by Crippen LogP contribution is 2.27. The van der Waals surface area contributed by atoms with Crippen LogP contribution in [-0.2, 0) is 11.3 Å². The third-order valence-corrected chi connectivity index (χ3v) is 3.39. The monoisotopic (exact) mass is 279 g/mol. The molecule has 0 aliphatic carbocycles. The van der Waals surface area contributed by atoms with E-state index in [0.717, 1.165) is 22.2 Å². The molecule has 2 aromatic rings. The number of H-pyrrole nitrogens is 1. The predicted octanol–water partition coefficient (Wildman–Crippen LogP) is 3.19. The zero-order valence-corrected chi connectivity index (χ0v) is 12.4. The Morgan fingerprint density at radius 2 is 2.16 bits per heavy atom. The Kier molecular flexibility index (Phi) is 3.54. The van der Waals surface area contributed by atoms with Crippen molar-refractivity contribution in [3.8, 4) is 0 Å². The van der Waals surface area contributed by atoms with Crippen LogP contribution < -0.4 is 5.32 Å². The van der Waals surface area contributed by atoms with Crippen LogP contribution in [-0.4, -0.2) is 15.9 Å². The van der Waals surface area contributed by atoms with Gasteiger partial charge in [0, 0.05) is 22.5 Å². The smallest absolute Gasteiger partial charge is 0.225 e. The molecule has 0 saturated heterocycles. The lowest BCUT2D eigenvalue weighted by Gasteiger charge is -2.18. The summed E-state index contributed by atoms with van der Waals surface area (Å²) in [6.45, 7) is 8.00. The van der Waals surface area contributed by atoms with Crippen molar-refractivity contribution in [3.05, 3.63) is 28.5 Å². The molecule has 0 aliphatic rings. The Morgan fingerprint density at radius 3 is 2.79 bits per heavy atom. The van der Waals surface area contributed by atoms with Crippen molar-refractivity contribution in [2.24, 2.45) is 5.41 Å². The fraction of sp³-hybridized carbons (Fsp3) is 0.429. The number of amides is 1. The molecule has 0 radical (unpaired) electrons. The second kappa shape index (κ2) is 4.85. The molecule has 0 bridgehead atoms. The summed E-state index contributed by atoms with van der Waals surface area (Å²) in [5.74, 6) is -0.00296. The molecule has 2 rings (SSSR count). The number of fused-ring (bicyclic) bond motifs is 1. The third kappa shape index (κ3) is 2.73. The molecule has 5 heteroatoms. The molecular weight excluding hydrogens is 262 g/mol. The predicted molar refractivity (Wildman–Crippen MR) is 77.1 cm³/mol. The van der Waals surface area contributed by atoms with Crippen LogP contribution in [0.4, 0.5) is 0 Å². The standard InChI is InChI=1S/C14H18ClN3O/c1-8-5-10(15)9(12-11(8)17-7-18-12)6-16-13(19)14(2,3)4/h5,7H,6H2,1-4H3,(H,16,19)(H,17,18). The van der Waals surface area contributed by atoms with Crippen molar-refractivity contribution in [1.29, 1.82) is 0 Å². The van der Waals surface area contributed by atoms with E-state index in [2.05, 4.69) is 15.3 Å².